The first-order chi connectivity index (χ1) is 7.33. The third-order valence-electron chi connectivity index (χ3n) is 1.61. The lowest BCUT2D eigenvalue weighted by molar-refractivity contribution is -0.303. The molecule has 0 saturated heterocycles. The van der Waals surface area contributed by atoms with E-state index >= 15 is 0 Å². The molecule has 0 unspecified atom stereocenters. The number of hydrogen-bond acceptors (Lipinski definition) is 4. The van der Waals surface area contributed by atoms with Crippen LogP contribution in [0.3, 0.4) is 0 Å². The SMILES string of the molecule is O=C([O-])CNS(=O)(=O)c1ccc(F)c(Cl)c1. The molecule has 1 rings (SSSR count). The largest absolute Gasteiger partial charge is 0.549 e. The van der Waals surface area contributed by atoms with Gasteiger partial charge in [0.25, 0.3) is 0 Å². The normalized spacial score (nSPS) is 11.4. The Labute approximate surface area is 95.9 Å². The van der Waals surface area contributed by atoms with E-state index in [9.17, 15) is 22.7 Å². The molecule has 0 fully saturated rings. The zero-order valence-corrected chi connectivity index (χ0v) is 9.31. The number of halogens is 2. The number of nitrogens with one attached hydrogen (secondary N) is 1. The standard InChI is InChI=1S/C8H7ClFNO4S/c9-6-3-5(1-2-7(6)10)16(14,15)11-4-8(12)13/h1-3,11H,4H2,(H,12,13)/p-1. The topological polar surface area (TPSA) is 86.3 Å². The minimum absolute atomic E-state index is 0.319. The molecule has 0 spiro atoms. The van der Waals surface area contributed by atoms with Gasteiger partial charge in [-0.15, -0.1) is 0 Å². The van der Waals surface area contributed by atoms with E-state index in [-0.39, 0.29) is 9.92 Å². The minimum Gasteiger partial charge on any atom is -0.549 e. The quantitative estimate of drug-likeness (QED) is 0.797. The van der Waals surface area contributed by atoms with Crippen LogP contribution < -0.4 is 9.83 Å². The molecule has 88 valence electrons. The van der Waals surface area contributed by atoms with Gasteiger partial charge in [-0.05, 0) is 18.2 Å². The summed E-state index contributed by atoms with van der Waals surface area (Å²) in [5.41, 5.74) is 0. The fourth-order valence-corrected chi connectivity index (χ4v) is 2.12. The minimum atomic E-state index is -4.02. The second-order valence-electron chi connectivity index (χ2n) is 2.77. The summed E-state index contributed by atoms with van der Waals surface area (Å²) in [5.74, 6) is -2.34. The maximum atomic E-state index is 12.7. The van der Waals surface area contributed by atoms with Crippen LogP contribution in [0.15, 0.2) is 23.1 Å². The van der Waals surface area contributed by atoms with Crippen LogP contribution >= 0.6 is 11.6 Å². The molecule has 5 nitrogen and oxygen atoms in total. The number of carbonyl (C=O) groups excluding carboxylic acids is 1. The van der Waals surface area contributed by atoms with E-state index in [2.05, 4.69) is 0 Å². The van der Waals surface area contributed by atoms with Crippen LogP contribution in [-0.4, -0.2) is 20.9 Å². The summed E-state index contributed by atoms with van der Waals surface area (Å²) in [7, 11) is -4.02. The van der Waals surface area contributed by atoms with Gasteiger partial charge in [-0.25, -0.2) is 17.5 Å². The van der Waals surface area contributed by atoms with Crippen molar-refractivity contribution in [2.45, 2.75) is 4.90 Å². The molecule has 0 aliphatic carbocycles. The van der Waals surface area contributed by atoms with Crippen LogP contribution in [0.5, 0.6) is 0 Å². The van der Waals surface area contributed by atoms with Crippen LogP contribution in [0.4, 0.5) is 4.39 Å². The van der Waals surface area contributed by atoms with Crippen molar-refractivity contribution in [2.24, 2.45) is 0 Å². The van der Waals surface area contributed by atoms with Crippen LogP contribution in [0.25, 0.3) is 0 Å². The average molecular weight is 267 g/mol. The first kappa shape index (κ1) is 12.9. The Kier molecular flexibility index (Phi) is 3.84. The predicted octanol–water partition coefficient (Wildman–Crippen LogP) is -0.493. The number of carboxylic acid groups (broad SMARTS) is 1. The Morgan fingerprint density at radius 1 is 1.50 bits per heavy atom. The number of benzene rings is 1. The second kappa shape index (κ2) is 4.77. The second-order valence-corrected chi connectivity index (χ2v) is 4.95. The molecular weight excluding hydrogens is 261 g/mol. The van der Waals surface area contributed by atoms with E-state index < -0.39 is 28.4 Å². The smallest absolute Gasteiger partial charge is 0.240 e. The molecule has 0 amide bonds. The van der Waals surface area contributed by atoms with E-state index in [0.717, 1.165) is 18.2 Å². The number of carboxylic acids is 1. The third kappa shape index (κ3) is 3.16. The molecule has 0 aromatic heterocycles. The van der Waals surface area contributed by atoms with E-state index in [0.29, 0.717) is 0 Å². The lowest BCUT2D eigenvalue weighted by Crippen LogP contribution is -2.37. The number of rotatable bonds is 4. The fraction of sp³-hybridized carbons (Fsp3) is 0.125. The molecular formula is C8H6ClFNO4S-. The van der Waals surface area contributed by atoms with E-state index in [1.165, 1.54) is 0 Å². The lowest BCUT2D eigenvalue weighted by Gasteiger charge is -2.07. The van der Waals surface area contributed by atoms with Gasteiger partial charge in [0.15, 0.2) is 0 Å². The zero-order valence-electron chi connectivity index (χ0n) is 7.74. The Bertz CT molecular complexity index is 517. The first-order valence-corrected chi connectivity index (χ1v) is 5.83. The fourth-order valence-electron chi connectivity index (χ4n) is 0.881. The number of hydrogen-bond donors (Lipinski definition) is 1. The first-order valence-electron chi connectivity index (χ1n) is 3.97. The third-order valence-corrected chi connectivity index (χ3v) is 3.30. The summed E-state index contributed by atoms with van der Waals surface area (Å²) in [4.78, 5) is 9.75. The van der Waals surface area contributed by atoms with Crippen LogP contribution in [0, 0.1) is 5.82 Å². The summed E-state index contributed by atoms with van der Waals surface area (Å²) >= 11 is 5.39. The number of aliphatic carboxylic acids is 1. The van der Waals surface area contributed by atoms with Crippen LogP contribution in [0.1, 0.15) is 0 Å². The van der Waals surface area contributed by atoms with Gasteiger partial charge in [-0.1, -0.05) is 11.6 Å². The van der Waals surface area contributed by atoms with Crippen LogP contribution in [0.2, 0.25) is 5.02 Å². The molecule has 0 aliphatic heterocycles. The van der Waals surface area contributed by atoms with Gasteiger partial charge in [0, 0.05) is 0 Å². The van der Waals surface area contributed by atoms with Gasteiger partial charge in [0.2, 0.25) is 10.0 Å². The Balaban J connectivity index is 2.99. The molecule has 0 radical (unpaired) electrons. The number of carbonyl (C=O) groups is 1. The summed E-state index contributed by atoms with van der Waals surface area (Å²) in [5, 5.41) is 9.71. The van der Waals surface area contributed by atoms with Gasteiger partial charge in [0.05, 0.1) is 22.4 Å². The van der Waals surface area contributed by atoms with E-state index in [4.69, 9.17) is 11.6 Å². The van der Waals surface area contributed by atoms with Gasteiger partial charge in [0.1, 0.15) is 5.82 Å². The molecule has 0 aliphatic rings. The highest BCUT2D eigenvalue weighted by Gasteiger charge is 2.15. The molecule has 0 heterocycles. The molecule has 1 aromatic rings. The molecule has 1 aromatic carbocycles. The van der Waals surface area contributed by atoms with E-state index in [1.807, 2.05) is 0 Å². The molecule has 8 heteroatoms. The highest BCUT2D eigenvalue weighted by Crippen LogP contribution is 2.18. The van der Waals surface area contributed by atoms with Crippen molar-refractivity contribution < 1.29 is 22.7 Å². The zero-order chi connectivity index (χ0) is 12.3. The molecule has 0 bridgehead atoms. The van der Waals surface area contributed by atoms with Gasteiger partial charge in [-0.3, -0.25) is 0 Å². The summed E-state index contributed by atoms with van der Waals surface area (Å²) < 4.78 is 37.3. The van der Waals surface area contributed by atoms with Crippen LogP contribution in [-0.2, 0) is 14.8 Å². The number of sulfonamides is 1. The lowest BCUT2D eigenvalue weighted by atomic mass is 10.3. The average Bonchev–Trinajstić information content (AvgIpc) is 2.19. The molecule has 16 heavy (non-hydrogen) atoms. The van der Waals surface area contributed by atoms with Gasteiger partial charge in [-0.2, -0.15) is 0 Å². The van der Waals surface area contributed by atoms with Crippen molar-refractivity contribution >= 4 is 27.6 Å². The van der Waals surface area contributed by atoms with Crippen molar-refractivity contribution in [1.29, 1.82) is 0 Å². The molecule has 0 atom stereocenters. The van der Waals surface area contributed by atoms with Crippen molar-refractivity contribution in [3.05, 3.63) is 29.0 Å². The van der Waals surface area contributed by atoms with Crippen molar-refractivity contribution in [3.8, 4) is 0 Å². The van der Waals surface area contributed by atoms with Gasteiger partial charge >= 0.3 is 0 Å². The van der Waals surface area contributed by atoms with Crippen molar-refractivity contribution in [2.75, 3.05) is 6.54 Å². The summed E-state index contributed by atoms with van der Waals surface area (Å²) in [6, 6.07) is 2.73. The van der Waals surface area contributed by atoms with Crippen molar-refractivity contribution in [1.82, 2.24) is 4.72 Å². The highest BCUT2D eigenvalue weighted by molar-refractivity contribution is 7.89. The Hall–Kier alpha value is -1.18. The summed E-state index contributed by atoms with van der Waals surface area (Å²) in [6.07, 6.45) is 0. The van der Waals surface area contributed by atoms with Crippen molar-refractivity contribution in [3.63, 3.8) is 0 Å². The highest BCUT2D eigenvalue weighted by atomic mass is 35.5. The monoisotopic (exact) mass is 266 g/mol. The Morgan fingerprint density at radius 2 is 2.12 bits per heavy atom. The molecule has 1 N–H and O–H groups in total. The maximum absolute atomic E-state index is 12.7. The maximum Gasteiger partial charge on any atom is 0.240 e. The van der Waals surface area contributed by atoms with E-state index in [1.54, 1.807) is 4.72 Å². The predicted molar refractivity (Wildman–Crippen MR) is 51.6 cm³/mol. The Morgan fingerprint density at radius 3 is 2.62 bits per heavy atom. The van der Waals surface area contributed by atoms with Gasteiger partial charge < -0.3 is 9.90 Å². The summed E-state index contributed by atoms with van der Waals surface area (Å²) in [6.45, 7) is -0.864. The molecule has 0 saturated carbocycles.